The number of unbranched alkanes of at least 4 members (excludes halogenated alkanes) is 1. The summed E-state index contributed by atoms with van der Waals surface area (Å²) in [6, 6.07) is -0.879. The number of allylic oxidation sites excluding steroid dienone is 1. The zero-order chi connectivity index (χ0) is 41.1. The Kier molecular flexibility index (Phi) is 13.3. The number of hydrogen-bond donors (Lipinski definition) is 7. The van der Waals surface area contributed by atoms with E-state index in [4.69, 9.17) is 34.2 Å². The van der Waals surface area contributed by atoms with Crippen LogP contribution in [-0.4, -0.2) is 136 Å². The Balaban J connectivity index is 1.05. The minimum atomic E-state index is -1.65. The summed E-state index contributed by atoms with van der Waals surface area (Å²) in [6.07, 6.45) is -1.57. The van der Waals surface area contributed by atoms with Crippen LogP contribution < -0.4 is 5.73 Å². The van der Waals surface area contributed by atoms with Crippen molar-refractivity contribution in [3.63, 3.8) is 0 Å². The lowest BCUT2D eigenvalue weighted by atomic mass is 9.47. The van der Waals surface area contributed by atoms with Crippen molar-refractivity contribution in [3.8, 4) is 0 Å². The van der Waals surface area contributed by atoms with Crippen LogP contribution in [-0.2, 0) is 33.2 Å². The highest BCUT2D eigenvalue weighted by Gasteiger charge is 2.65. The van der Waals surface area contributed by atoms with Crippen molar-refractivity contribution in [1.82, 2.24) is 0 Å². The number of carbonyl (C=O) groups excluding carboxylic acids is 1. The van der Waals surface area contributed by atoms with Gasteiger partial charge in [0.05, 0.1) is 24.4 Å². The van der Waals surface area contributed by atoms with E-state index in [1.807, 2.05) is 0 Å². The van der Waals surface area contributed by atoms with Crippen LogP contribution in [0.15, 0.2) is 11.6 Å². The van der Waals surface area contributed by atoms with Crippen LogP contribution in [0.4, 0.5) is 0 Å². The maximum Gasteiger partial charge on any atom is 0.323 e. The molecular formula is C43H71NO13. The fraction of sp³-hybridized carbons (Fsp3) is 0.930. The zero-order valence-electron chi connectivity index (χ0n) is 34.7. The molecule has 57 heavy (non-hydrogen) atoms. The van der Waals surface area contributed by atoms with E-state index in [9.17, 15) is 35.4 Å². The molecule has 0 radical (unpaired) electrons. The van der Waals surface area contributed by atoms with E-state index in [1.165, 1.54) is 25.3 Å². The van der Waals surface area contributed by atoms with Gasteiger partial charge in [-0.25, -0.2) is 0 Å². The van der Waals surface area contributed by atoms with E-state index in [1.54, 1.807) is 13.8 Å². The standard InChI is InChI=1S/C43H71NO13/c1-20(2)32(44)39(51)52-19-30-34(47)36(49)38(57-40-37(50)35(48)33(46)22(4)53-40)41(56-30)54-24-12-14-42(5)23(17-24)10-11-25-26(42)13-15-43(6)27(25)18-29-31(43)21(3)28(55-29)9-7-8-16-45/h10,20-22,24-38,40-41,45-50H,7-9,11-19,44H2,1-6H3/t21-,22?,24+,25-,26?,27?,28-,29+,30?,31+,32?,33?,34?,35?,36?,37?,38?,40?,41?,42+,43+/m1/s1. The molecule has 3 saturated heterocycles. The molecule has 3 saturated carbocycles. The maximum atomic E-state index is 12.6. The number of aliphatic hydroxyl groups excluding tert-OH is 6. The van der Waals surface area contributed by atoms with Gasteiger partial charge < -0.3 is 64.8 Å². The molecule has 326 valence electrons. The van der Waals surface area contributed by atoms with Gasteiger partial charge in [-0.1, -0.05) is 46.3 Å². The first-order chi connectivity index (χ1) is 27.0. The Morgan fingerprint density at radius 2 is 1.65 bits per heavy atom. The van der Waals surface area contributed by atoms with Crippen molar-refractivity contribution in [3.05, 3.63) is 11.6 Å². The van der Waals surface area contributed by atoms with Crippen LogP contribution in [0.5, 0.6) is 0 Å². The maximum absolute atomic E-state index is 12.6. The molecule has 7 rings (SSSR count). The molecule has 3 aliphatic heterocycles. The molecular weight excluding hydrogens is 738 g/mol. The van der Waals surface area contributed by atoms with E-state index >= 15 is 0 Å². The second kappa shape index (κ2) is 17.2. The molecule has 13 unspecified atom stereocenters. The van der Waals surface area contributed by atoms with Gasteiger partial charge >= 0.3 is 5.97 Å². The molecule has 0 aromatic rings. The molecule has 0 aromatic heterocycles. The topological polar surface area (TPSA) is 220 Å². The summed E-state index contributed by atoms with van der Waals surface area (Å²) in [5.41, 5.74) is 7.62. The molecule has 8 N–H and O–H groups in total. The molecule has 7 aliphatic rings. The van der Waals surface area contributed by atoms with E-state index in [0.29, 0.717) is 42.1 Å². The molecule has 0 aromatic carbocycles. The van der Waals surface area contributed by atoms with Crippen LogP contribution in [0.25, 0.3) is 0 Å². The summed E-state index contributed by atoms with van der Waals surface area (Å²) in [4.78, 5) is 12.6. The number of nitrogens with two attached hydrogens (primary N) is 1. The summed E-state index contributed by atoms with van der Waals surface area (Å²) >= 11 is 0. The van der Waals surface area contributed by atoms with Gasteiger partial charge in [0.1, 0.15) is 55.4 Å². The van der Waals surface area contributed by atoms with Crippen molar-refractivity contribution in [2.24, 2.45) is 52.1 Å². The Labute approximate surface area is 337 Å². The quantitative estimate of drug-likeness (QED) is 0.0856. The van der Waals surface area contributed by atoms with Crippen molar-refractivity contribution in [2.45, 2.75) is 192 Å². The Bertz CT molecular complexity index is 1430. The van der Waals surface area contributed by atoms with Gasteiger partial charge in [-0.3, -0.25) is 4.79 Å². The second-order valence-corrected chi connectivity index (χ2v) is 19.6. The zero-order valence-corrected chi connectivity index (χ0v) is 34.7. The summed E-state index contributed by atoms with van der Waals surface area (Å²) in [5, 5.41) is 63.5. The molecule has 3 heterocycles. The number of hydrogen-bond acceptors (Lipinski definition) is 14. The minimum Gasteiger partial charge on any atom is -0.462 e. The second-order valence-electron chi connectivity index (χ2n) is 19.6. The van der Waals surface area contributed by atoms with Crippen LogP contribution in [0, 0.1) is 46.3 Å². The van der Waals surface area contributed by atoms with Gasteiger partial charge in [0.15, 0.2) is 12.6 Å². The average Bonchev–Trinajstić information content (AvgIpc) is 3.66. The molecule has 14 nitrogen and oxygen atoms in total. The number of esters is 1. The summed E-state index contributed by atoms with van der Waals surface area (Å²) in [5.74, 6) is 2.00. The first-order valence-electron chi connectivity index (χ1n) is 21.9. The summed E-state index contributed by atoms with van der Waals surface area (Å²) in [7, 11) is 0. The van der Waals surface area contributed by atoms with Gasteiger partial charge in [0, 0.05) is 6.61 Å². The van der Waals surface area contributed by atoms with Gasteiger partial charge in [-0.05, 0) is 117 Å². The predicted octanol–water partition coefficient (Wildman–Crippen LogP) is 2.31. The highest BCUT2D eigenvalue weighted by Crippen LogP contribution is 2.69. The Morgan fingerprint density at radius 3 is 2.37 bits per heavy atom. The number of aliphatic hydroxyl groups is 6. The van der Waals surface area contributed by atoms with Crippen LogP contribution in [0.2, 0.25) is 0 Å². The van der Waals surface area contributed by atoms with E-state index in [0.717, 1.165) is 44.9 Å². The molecule has 0 bridgehead atoms. The lowest BCUT2D eigenvalue weighted by Gasteiger charge is -2.58. The fourth-order valence-electron chi connectivity index (χ4n) is 12.5. The number of fused-ring (bicyclic) bond motifs is 7. The summed E-state index contributed by atoms with van der Waals surface area (Å²) < 4.78 is 36.9. The van der Waals surface area contributed by atoms with Gasteiger partial charge in [0.2, 0.25) is 0 Å². The molecule has 4 aliphatic carbocycles. The van der Waals surface area contributed by atoms with Crippen molar-refractivity contribution in [2.75, 3.05) is 13.2 Å². The normalized spacial score (nSPS) is 50.0. The van der Waals surface area contributed by atoms with Gasteiger partial charge in [-0.2, -0.15) is 0 Å². The summed E-state index contributed by atoms with van der Waals surface area (Å²) in [6.45, 7) is 12.3. The van der Waals surface area contributed by atoms with Crippen LogP contribution in [0.3, 0.4) is 0 Å². The largest absolute Gasteiger partial charge is 0.462 e. The molecule has 0 spiro atoms. The number of rotatable bonds is 12. The highest BCUT2D eigenvalue weighted by atomic mass is 16.8. The average molecular weight is 810 g/mol. The molecule has 6 fully saturated rings. The predicted molar refractivity (Wildman–Crippen MR) is 206 cm³/mol. The van der Waals surface area contributed by atoms with Crippen molar-refractivity contribution >= 4 is 5.97 Å². The Hall–Kier alpha value is -1.27. The molecule has 14 heteroatoms. The third-order valence-electron chi connectivity index (χ3n) is 16.0. The Morgan fingerprint density at radius 1 is 0.895 bits per heavy atom. The van der Waals surface area contributed by atoms with Crippen molar-refractivity contribution < 1.29 is 63.9 Å². The lowest BCUT2D eigenvalue weighted by molar-refractivity contribution is -0.370. The highest BCUT2D eigenvalue weighted by molar-refractivity contribution is 5.75. The third-order valence-corrected chi connectivity index (χ3v) is 16.0. The minimum absolute atomic E-state index is 0.0131. The number of ether oxygens (including phenoxy) is 6. The van der Waals surface area contributed by atoms with Crippen molar-refractivity contribution in [1.29, 1.82) is 0 Å². The molecule has 21 atom stereocenters. The van der Waals surface area contributed by atoms with E-state index < -0.39 is 73.4 Å². The first-order valence-corrected chi connectivity index (χ1v) is 21.9. The number of carbonyl (C=O) groups is 1. The lowest BCUT2D eigenvalue weighted by Crippen LogP contribution is -2.64. The monoisotopic (exact) mass is 809 g/mol. The SMILES string of the molecule is CC(C)C(N)C(=O)OCC1OC(O[C@H]2CC[C@@]3(C)C(=CC[C@@H]4C3CC[C@@]3(C)C4C[C@@H]4O[C@H](CCCCO)[C@@H](C)[C@@H]43)C2)C(OC2OC(C)C(O)C(O)C2O)C(O)C1O. The van der Waals surface area contributed by atoms with Gasteiger partial charge in [-0.15, -0.1) is 0 Å². The van der Waals surface area contributed by atoms with E-state index in [2.05, 4.69) is 26.8 Å². The first kappa shape index (κ1) is 43.8. The fourth-order valence-corrected chi connectivity index (χ4v) is 12.5. The van der Waals surface area contributed by atoms with Gasteiger partial charge in [0.25, 0.3) is 0 Å². The molecule has 0 amide bonds. The van der Waals surface area contributed by atoms with Crippen LogP contribution in [0.1, 0.15) is 106 Å². The smallest absolute Gasteiger partial charge is 0.323 e. The van der Waals surface area contributed by atoms with Crippen LogP contribution >= 0.6 is 0 Å². The van der Waals surface area contributed by atoms with E-state index in [-0.39, 0.29) is 42.2 Å². The third kappa shape index (κ3) is 8.02.